The number of benzene rings is 4. The quantitative estimate of drug-likeness (QED) is 0.308. The molecule has 0 aliphatic carbocycles. The lowest BCUT2D eigenvalue weighted by Gasteiger charge is -2.27. The molecule has 0 radical (unpaired) electrons. The third kappa shape index (κ3) is 5.98. The lowest BCUT2D eigenvalue weighted by molar-refractivity contribution is -0.120. The molecule has 0 unspecified atom stereocenters. The van der Waals surface area contributed by atoms with Crippen molar-refractivity contribution in [3.63, 3.8) is 0 Å². The van der Waals surface area contributed by atoms with E-state index < -0.39 is 28.5 Å². The maximum Gasteiger partial charge on any atom is 0.264 e. The second-order valence-electron chi connectivity index (χ2n) is 8.68. The molecule has 0 bridgehead atoms. The molecule has 4 rings (SSSR count). The molecule has 196 valence electrons. The van der Waals surface area contributed by atoms with E-state index in [2.05, 4.69) is 5.32 Å². The van der Waals surface area contributed by atoms with Gasteiger partial charge in [0.15, 0.2) is 0 Å². The van der Waals surface area contributed by atoms with Crippen molar-refractivity contribution in [2.24, 2.45) is 0 Å². The summed E-state index contributed by atoms with van der Waals surface area (Å²) in [6.07, 6.45) is 0. The van der Waals surface area contributed by atoms with Gasteiger partial charge >= 0.3 is 0 Å². The molecular weight excluding hydrogens is 500 g/mol. The van der Waals surface area contributed by atoms with Crippen molar-refractivity contribution in [3.05, 3.63) is 120 Å². The van der Waals surface area contributed by atoms with Gasteiger partial charge in [-0.25, -0.2) is 8.42 Å². The smallest absolute Gasteiger partial charge is 0.264 e. The molecule has 8 heteroatoms. The van der Waals surface area contributed by atoms with Gasteiger partial charge in [-0.05, 0) is 54.4 Å². The molecule has 38 heavy (non-hydrogen) atoms. The van der Waals surface area contributed by atoms with Crippen molar-refractivity contribution in [2.75, 3.05) is 25.1 Å². The van der Waals surface area contributed by atoms with Crippen LogP contribution in [0.15, 0.2) is 108 Å². The molecule has 0 saturated heterocycles. The number of nitrogens with one attached hydrogen (secondary N) is 1. The Bertz CT molecular complexity index is 1470. The van der Waals surface area contributed by atoms with Crippen molar-refractivity contribution in [3.8, 4) is 11.5 Å². The molecule has 0 fully saturated rings. The fraction of sp³-hybridized carbons (Fsp3) is 0.167. The number of amides is 1. The first-order valence-corrected chi connectivity index (χ1v) is 13.5. The fourth-order valence-electron chi connectivity index (χ4n) is 4.11. The summed E-state index contributed by atoms with van der Waals surface area (Å²) in [5, 5.41) is 3.04. The Morgan fingerprint density at radius 3 is 2.03 bits per heavy atom. The average Bonchev–Trinajstić information content (AvgIpc) is 2.95. The van der Waals surface area contributed by atoms with E-state index in [1.54, 1.807) is 36.4 Å². The van der Waals surface area contributed by atoms with Gasteiger partial charge in [0.1, 0.15) is 18.0 Å². The summed E-state index contributed by atoms with van der Waals surface area (Å²) in [6.45, 7) is 1.54. The molecule has 4 aromatic rings. The number of ether oxygens (including phenoxy) is 2. The predicted octanol–water partition coefficient (Wildman–Crippen LogP) is 5.11. The summed E-state index contributed by atoms with van der Waals surface area (Å²) >= 11 is 0. The van der Waals surface area contributed by atoms with Crippen molar-refractivity contribution in [1.29, 1.82) is 0 Å². The molecule has 0 aliphatic rings. The number of nitrogens with zero attached hydrogens (tertiary/aromatic N) is 1. The predicted molar refractivity (Wildman–Crippen MR) is 148 cm³/mol. The van der Waals surface area contributed by atoms with Crippen molar-refractivity contribution in [2.45, 2.75) is 17.9 Å². The molecule has 0 heterocycles. The molecule has 1 atom stereocenters. The Balaban J connectivity index is 1.71. The number of anilines is 1. The van der Waals surface area contributed by atoms with Crippen LogP contribution >= 0.6 is 0 Å². The Labute approximate surface area is 223 Å². The van der Waals surface area contributed by atoms with Gasteiger partial charge in [0.25, 0.3) is 10.0 Å². The summed E-state index contributed by atoms with van der Waals surface area (Å²) in [4.78, 5) is 13.6. The number of sulfonamides is 1. The molecule has 7 nitrogen and oxygen atoms in total. The number of hydrogen-bond donors (Lipinski definition) is 1. The molecule has 1 N–H and O–H groups in total. The zero-order chi connectivity index (χ0) is 27.1. The maximum atomic E-state index is 13.8. The molecule has 0 aromatic heterocycles. The van der Waals surface area contributed by atoms with E-state index in [1.807, 2.05) is 61.5 Å². The van der Waals surface area contributed by atoms with Crippen LogP contribution in [0.25, 0.3) is 0 Å². The summed E-state index contributed by atoms with van der Waals surface area (Å²) in [5.41, 5.74) is 3.12. The number of methoxy groups -OCH3 is 2. The Morgan fingerprint density at radius 1 is 0.789 bits per heavy atom. The summed E-state index contributed by atoms with van der Waals surface area (Å²) in [5.74, 6) is 0.382. The van der Waals surface area contributed by atoms with Crippen LogP contribution in [0.3, 0.4) is 0 Å². The second-order valence-corrected chi connectivity index (χ2v) is 10.5. The van der Waals surface area contributed by atoms with Crippen LogP contribution in [0.1, 0.15) is 22.7 Å². The molecule has 0 aliphatic heterocycles. The fourth-order valence-corrected chi connectivity index (χ4v) is 5.54. The molecular formula is C30H30N2O5S. The third-order valence-corrected chi connectivity index (χ3v) is 7.91. The highest BCUT2D eigenvalue weighted by Crippen LogP contribution is 2.33. The van der Waals surface area contributed by atoms with Crippen LogP contribution < -0.4 is 19.1 Å². The zero-order valence-electron chi connectivity index (χ0n) is 21.5. The van der Waals surface area contributed by atoms with Gasteiger partial charge in [-0.3, -0.25) is 9.10 Å². The minimum Gasteiger partial charge on any atom is -0.497 e. The van der Waals surface area contributed by atoms with E-state index in [4.69, 9.17) is 9.47 Å². The SMILES string of the molecule is COc1ccc(S(=O)(=O)N(CC(=O)N[C@H](c2ccccc2)c2ccc(C)cc2)c2ccccc2OC)cc1. The van der Waals surface area contributed by atoms with Crippen LogP contribution in [0.4, 0.5) is 5.69 Å². The van der Waals surface area contributed by atoms with E-state index >= 15 is 0 Å². The number of carbonyl (C=O) groups excluding carboxylic acids is 1. The van der Waals surface area contributed by atoms with Gasteiger partial charge in [0.2, 0.25) is 5.91 Å². The van der Waals surface area contributed by atoms with E-state index in [0.29, 0.717) is 11.5 Å². The van der Waals surface area contributed by atoms with Crippen LogP contribution in [-0.4, -0.2) is 35.1 Å². The van der Waals surface area contributed by atoms with E-state index in [9.17, 15) is 13.2 Å². The highest BCUT2D eigenvalue weighted by atomic mass is 32.2. The zero-order valence-corrected chi connectivity index (χ0v) is 22.3. The minimum absolute atomic E-state index is 0.0233. The standard InChI is InChI=1S/C30H30N2O5S/c1-22-13-15-24(16-14-22)30(23-9-5-4-6-10-23)31-29(33)21-32(27-11-7-8-12-28(27)37-3)38(34,35)26-19-17-25(36-2)18-20-26/h4-20,30H,21H2,1-3H3,(H,31,33)/t30-/m1/s1. The van der Waals surface area contributed by atoms with Gasteiger partial charge in [-0.15, -0.1) is 0 Å². The molecule has 4 aromatic carbocycles. The van der Waals surface area contributed by atoms with E-state index in [0.717, 1.165) is 21.0 Å². The minimum atomic E-state index is -4.14. The summed E-state index contributed by atoms with van der Waals surface area (Å²) in [6, 6.07) is 29.7. The number of rotatable bonds is 10. The van der Waals surface area contributed by atoms with Crippen molar-refractivity contribution < 1.29 is 22.7 Å². The highest BCUT2D eigenvalue weighted by Gasteiger charge is 2.30. The Kier molecular flexibility index (Phi) is 8.33. The summed E-state index contributed by atoms with van der Waals surface area (Å²) < 4.78 is 39.4. The first-order chi connectivity index (χ1) is 18.3. The molecule has 0 saturated carbocycles. The topological polar surface area (TPSA) is 84.9 Å². The molecule has 1 amide bonds. The van der Waals surface area contributed by atoms with Gasteiger partial charge < -0.3 is 14.8 Å². The van der Waals surface area contributed by atoms with E-state index in [1.165, 1.54) is 26.4 Å². The molecule has 0 spiro atoms. The number of para-hydroxylation sites is 2. The number of aryl methyl sites for hydroxylation is 1. The van der Waals surface area contributed by atoms with Crippen molar-refractivity contribution >= 4 is 21.6 Å². The van der Waals surface area contributed by atoms with Crippen molar-refractivity contribution in [1.82, 2.24) is 5.32 Å². The summed E-state index contributed by atoms with van der Waals surface area (Å²) in [7, 11) is -1.18. The number of carbonyl (C=O) groups is 1. The largest absolute Gasteiger partial charge is 0.497 e. The lowest BCUT2D eigenvalue weighted by Crippen LogP contribution is -2.42. The first kappa shape index (κ1) is 26.8. The number of hydrogen-bond acceptors (Lipinski definition) is 5. The van der Waals surface area contributed by atoms with Gasteiger partial charge in [-0.1, -0.05) is 72.3 Å². The second kappa shape index (κ2) is 11.8. The van der Waals surface area contributed by atoms with Gasteiger partial charge in [0, 0.05) is 0 Å². The highest BCUT2D eigenvalue weighted by molar-refractivity contribution is 7.92. The van der Waals surface area contributed by atoms with Gasteiger partial charge in [0.05, 0.1) is 30.8 Å². The maximum absolute atomic E-state index is 13.8. The van der Waals surface area contributed by atoms with Gasteiger partial charge in [-0.2, -0.15) is 0 Å². The Morgan fingerprint density at radius 2 is 1.39 bits per heavy atom. The third-order valence-electron chi connectivity index (χ3n) is 6.14. The lowest BCUT2D eigenvalue weighted by atomic mass is 9.98. The first-order valence-electron chi connectivity index (χ1n) is 12.0. The van der Waals surface area contributed by atoms with Crippen LogP contribution in [0, 0.1) is 6.92 Å². The Hall–Kier alpha value is -4.30. The van der Waals surface area contributed by atoms with Crippen LogP contribution in [-0.2, 0) is 14.8 Å². The average molecular weight is 531 g/mol. The van der Waals surface area contributed by atoms with E-state index in [-0.39, 0.29) is 10.6 Å². The monoisotopic (exact) mass is 530 g/mol. The van der Waals surface area contributed by atoms with Crippen LogP contribution in [0.5, 0.6) is 11.5 Å². The van der Waals surface area contributed by atoms with Crippen LogP contribution in [0.2, 0.25) is 0 Å². The normalized spacial score (nSPS) is 11.9.